The SMILES string of the molecule is COc1ccc(C(=O)NCC2(C)O[C@@H](OCCCCC(=O)C(C)(C)C)C(O)[C@@H](O)[C@@H]2O)cc1. The van der Waals surface area contributed by atoms with Crippen molar-refractivity contribution in [2.24, 2.45) is 5.41 Å². The van der Waals surface area contributed by atoms with Gasteiger partial charge in [0.15, 0.2) is 6.29 Å². The van der Waals surface area contributed by atoms with Crippen LogP contribution in [0.25, 0.3) is 0 Å². The monoisotopic (exact) mass is 467 g/mol. The van der Waals surface area contributed by atoms with Crippen molar-refractivity contribution in [2.75, 3.05) is 20.3 Å². The fourth-order valence-electron chi connectivity index (χ4n) is 3.45. The largest absolute Gasteiger partial charge is 0.497 e. The second-order valence-corrected chi connectivity index (χ2v) is 9.64. The summed E-state index contributed by atoms with van der Waals surface area (Å²) in [5.74, 6) is 0.385. The zero-order chi connectivity index (χ0) is 24.8. The molecule has 0 radical (unpaired) electrons. The molecule has 0 aliphatic carbocycles. The van der Waals surface area contributed by atoms with Gasteiger partial charge in [0, 0.05) is 30.6 Å². The third kappa shape index (κ3) is 7.22. The topological polar surface area (TPSA) is 135 Å². The first-order chi connectivity index (χ1) is 15.4. The number of amides is 1. The number of hydrogen-bond acceptors (Lipinski definition) is 8. The van der Waals surface area contributed by atoms with Gasteiger partial charge in [0.1, 0.15) is 35.4 Å². The van der Waals surface area contributed by atoms with E-state index >= 15 is 0 Å². The Balaban J connectivity index is 1.90. The van der Waals surface area contributed by atoms with Gasteiger partial charge < -0.3 is 34.8 Å². The molecule has 0 bridgehead atoms. The lowest BCUT2D eigenvalue weighted by Crippen LogP contribution is -2.66. The Labute approximate surface area is 195 Å². The number of ketones is 1. The number of Topliss-reactive ketones (excluding diaryl/α,β-unsaturated/α-hetero) is 1. The molecule has 4 N–H and O–H groups in total. The van der Waals surface area contributed by atoms with Crippen molar-refractivity contribution < 1.29 is 39.1 Å². The zero-order valence-corrected chi connectivity index (χ0v) is 20.0. The molecule has 1 aliphatic heterocycles. The molecule has 5 atom stereocenters. The summed E-state index contributed by atoms with van der Waals surface area (Å²) in [5, 5.41) is 33.8. The fourth-order valence-corrected chi connectivity index (χ4v) is 3.45. The van der Waals surface area contributed by atoms with Crippen LogP contribution in [0, 0.1) is 5.41 Å². The van der Waals surface area contributed by atoms with E-state index in [1.807, 2.05) is 20.8 Å². The molecule has 186 valence electrons. The summed E-state index contributed by atoms with van der Waals surface area (Å²) in [5.41, 5.74) is -1.39. The smallest absolute Gasteiger partial charge is 0.251 e. The highest BCUT2D eigenvalue weighted by atomic mass is 16.7. The summed E-state index contributed by atoms with van der Waals surface area (Å²) in [6, 6.07) is 6.51. The van der Waals surface area contributed by atoms with E-state index in [1.54, 1.807) is 24.3 Å². The Kier molecular flexibility index (Phi) is 9.39. The lowest BCUT2D eigenvalue weighted by molar-refractivity contribution is -0.325. The van der Waals surface area contributed by atoms with Gasteiger partial charge in [-0.25, -0.2) is 0 Å². The molecule has 1 fully saturated rings. The van der Waals surface area contributed by atoms with E-state index in [0.29, 0.717) is 30.6 Å². The maximum absolute atomic E-state index is 12.5. The molecule has 1 aromatic rings. The molecular formula is C24H37NO8. The van der Waals surface area contributed by atoms with Crippen LogP contribution < -0.4 is 10.1 Å². The molecule has 1 heterocycles. The number of methoxy groups -OCH3 is 1. The summed E-state index contributed by atoms with van der Waals surface area (Å²) in [6.07, 6.45) is -4.00. The quantitative estimate of drug-likeness (QED) is 0.380. The molecule has 2 rings (SSSR count). The Morgan fingerprint density at radius 2 is 1.73 bits per heavy atom. The minimum atomic E-state index is -1.52. The van der Waals surface area contributed by atoms with Crippen LogP contribution in [0.15, 0.2) is 24.3 Å². The Morgan fingerprint density at radius 3 is 2.30 bits per heavy atom. The molecule has 9 heteroatoms. The molecule has 33 heavy (non-hydrogen) atoms. The van der Waals surface area contributed by atoms with E-state index in [2.05, 4.69) is 5.32 Å². The van der Waals surface area contributed by atoms with E-state index in [1.165, 1.54) is 14.0 Å². The Bertz CT molecular complexity index is 791. The van der Waals surface area contributed by atoms with Crippen LogP contribution in [0.5, 0.6) is 5.75 Å². The van der Waals surface area contributed by atoms with Crippen LogP contribution in [0.2, 0.25) is 0 Å². The van der Waals surface area contributed by atoms with Gasteiger partial charge in [-0.15, -0.1) is 0 Å². The number of benzene rings is 1. The van der Waals surface area contributed by atoms with Gasteiger partial charge in [-0.2, -0.15) is 0 Å². The Hall–Kier alpha value is -2.04. The molecule has 1 saturated heterocycles. The highest BCUT2D eigenvalue weighted by molar-refractivity contribution is 5.94. The third-order valence-electron chi connectivity index (χ3n) is 5.83. The fraction of sp³-hybridized carbons (Fsp3) is 0.667. The average molecular weight is 468 g/mol. The molecule has 2 unspecified atom stereocenters. The number of unbranched alkanes of at least 4 members (excludes halogenated alkanes) is 1. The maximum Gasteiger partial charge on any atom is 0.251 e. The summed E-state index contributed by atoms with van der Waals surface area (Å²) >= 11 is 0. The van der Waals surface area contributed by atoms with Crippen LogP contribution >= 0.6 is 0 Å². The molecular weight excluding hydrogens is 430 g/mol. The second-order valence-electron chi connectivity index (χ2n) is 9.64. The van der Waals surface area contributed by atoms with Gasteiger partial charge in [0.2, 0.25) is 0 Å². The predicted molar refractivity (Wildman–Crippen MR) is 121 cm³/mol. The number of nitrogens with one attached hydrogen (secondary N) is 1. The Morgan fingerprint density at radius 1 is 1.09 bits per heavy atom. The van der Waals surface area contributed by atoms with Crippen molar-refractivity contribution in [1.82, 2.24) is 5.32 Å². The molecule has 0 aromatic heterocycles. The molecule has 1 aromatic carbocycles. The van der Waals surface area contributed by atoms with E-state index in [4.69, 9.17) is 14.2 Å². The minimum absolute atomic E-state index is 0.122. The van der Waals surface area contributed by atoms with Gasteiger partial charge >= 0.3 is 0 Å². The van der Waals surface area contributed by atoms with Gasteiger partial charge in [-0.3, -0.25) is 9.59 Å². The maximum atomic E-state index is 12.5. The number of hydrogen-bond donors (Lipinski definition) is 4. The first kappa shape index (κ1) is 27.2. The standard InChI is InChI=1S/C24H37NO8/c1-23(2,3)17(26)8-6-7-13-32-22-19(28)18(27)20(29)24(4,33-22)14-25-21(30)15-9-11-16(31-5)12-10-15/h9-12,18-20,22,27-29H,6-8,13-14H2,1-5H3,(H,25,30)/t18-,19?,20+,22-,24?/m1/s1. The van der Waals surface area contributed by atoms with E-state index in [9.17, 15) is 24.9 Å². The van der Waals surface area contributed by atoms with Gasteiger partial charge in [-0.05, 0) is 44.0 Å². The second kappa shape index (κ2) is 11.4. The van der Waals surface area contributed by atoms with E-state index in [-0.39, 0.29) is 24.3 Å². The van der Waals surface area contributed by atoms with Crippen LogP contribution in [0.1, 0.15) is 57.3 Å². The van der Waals surface area contributed by atoms with Crippen molar-refractivity contribution in [3.63, 3.8) is 0 Å². The zero-order valence-electron chi connectivity index (χ0n) is 20.0. The molecule has 1 amide bonds. The average Bonchev–Trinajstić information content (AvgIpc) is 2.78. The van der Waals surface area contributed by atoms with Crippen molar-refractivity contribution in [3.8, 4) is 5.75 Å². The van der Waals surface area contributed by atoms with Crippen molar-refractivity contribution >= 4 is 11.7 Å². The van der Waals surface area contributed by atoms with Crippen LogP contribution in [-0.4, -0.2) is 77.5 Å². The number of aliphatic hydroxyl groups is 3. The van der Waals surface area contributed by atoms with E-state index < -0.39 is 36.1 Å². The summed E-state index contributed by atoms with van der Waals surface area (Å²) < 4.78 is 16.5. The predicted octanol–water partition coefficient (Wildman–Crippen LogP) is 1.42. The summed E-state index contributed by atoms with van der Waals surface area (Å²) in [6.45, 7) is 7.23. The molecule has 0 saturated carbocycles. The highest BCUT2D eigenvalue weighted by Gasteiger charge is 2.51. The summed E-state index contributed by atoms with van der Waals surface area (Å²) in [7, 11) is 1.53. The first-order valence-electron chi connectivity index (χ1n) is 11.2. The minimum Gasteiger partial charge on any atom is -0.497 e. The number of rotatable bonds is 10. The normalized spacial score (nSPS) is 27.8. The number of aliphatic hydroxyl groups excluding tert-OH is 3. The van der Waals surface area contributed by atoms with Gasteiger partial charge in [0.25, 0.3) is 5.91 Å². The van der Waals surface area contributed by atoms with Crippen LogP contribution in [0.4, 0.5) is 0 Å². The van der Waals surface area contributed by atoms with Crippen molar-refractivity contribution in [2.45, 2.75) is 77.2 Å². The summed E-state index contributed by atoms with van der Waals surface area (Å²) in [4.78, 5) is 24.5. The van der Waals surface area contributed by atoms with Gasteiger partial charge in [0.05, 0.1) is 7.11 Å². The number of ether oxygens (including phenoxy) is 3. The van der Waals surface area contributed by atoms with Crippen molar-refractivity contribution in [1.29, 1.82) is 0 Å². The third-order valence-corrected chi connectivity index (χ3v) is 5.83. The highest BCUT2D eigenvalue weighted by Crippen LogP contribution is 2.30. The lowest BCUT2D eigenvalue weighted by atomic mass is 9.88. The van der Waals surface area contributed by atoms with Gasteiger partial charge in [-0.1, -0.05) is 20.8 Å². The molecule has 9 nitrogen and oxygen atoms in total. The molecule has 1 aliphatic rings. The number of carbonyl (C=O) groups excluding carboxylic acids is 2. The van der Waals surface area contributed by atoms with Crippen molar-refractivity contribution in [3.05, 3.63) is 29.8 Å². The van der Waals surface area contributed by atoms with Crippen LogP contribution in [0.3, 0.4) is 0 Å². The number of carbonyl (C=O) groups is 2. The lowest BCUT2D eigenvalue weighted by Gasteiger charge is -2.46. The first-order valence-corrected chi connectivity index (χ1v) is 11.2. The van der Waals surface area contributed by atoms with Crippen LogP contribution in [-0.2, 0) is 14.3 Å². The molecule has 0 spiro atoms. The van der Waals surface area contributed by atoms with E-state index in [0.717, 1.165) is 0 Å².